The van der Waals surface area contributed by atoms with E-state index in [1.807, 2.05) is 36.4 Å². The number of nitrogens with one attached hydrogen (secondary N) is 1. The largest absolute Gasteiger partial charge is 0.378 e. The number of benzene rings is 2. The predicted molar refractivity (Wildman–Crippen MR) is 88.5 cm³/mol. The van der Waals surface area contributed by atoms with Crippen LogP contribution in [0.3, 0.4) is 0 Å². The number of halogens is 1. The van der Waals surface area contributed by atoms with E-state index < -0.39 is 0 Å². The highest BCUT2D eigenvalue weighted by Crippen LogP contribution is 2.30. The van der Waals surface area contributed by atoms with Gasteiger partial charge in [-0.3, -0.25) is 4.79 Å². The fraction of sp³-hybridized carbons (Fsp3) is 0.353. The maximum atomic E-state index is 12.1. The van der Waals surface area contributed by atoms with Gasteiger partial charge in [0.1, 0.15) is 0 Å². The molecule has 1 aliphatic rings. The molecule has 0 aromatic heterocycles. The smallest absolute Gasteiger partial charge is 0.224 e. The lowest BCUT2D eigenvalue weighted by Gasteiger charge is -2.12. The molecule has 1 aliphatic heterocycles. The third-order valence-corrected chi connectivity index (χ3v) is 4.55. The highest BCUT2D eigenvalue weighted by molar-refractivity contribution is 9.10. The summed E-state index contributed by atoms with van der Waals surface area (Å²) in [6.07, 6.45) is 3.77. The summed E-state index contributed by atoms with van der Waals surface area (Å²) >= 11 is 3.54. The Morgan fingerprint density at radius 2 is 2.05 bits per heavy atom. The number of hydrogen-bond acceptors (Lipinski definition) is 2. The average Bonchev–Trinajstić information content (AvgIpc) is 3.02. The van der Waals surface area contributed by atoms with Crippen molar-refractivity contribution in [1.29, 1.82) is 0 Å². The van der Waals surface area contributed by atoms with Gasteiger partial charge in [0.2, 0.25) is 5.91 Å². The zero-order valence-corrected chi connectivity index (χ0v) is 13.4. The van der Waals surface area contributed by atoms with Crippen LogP contribution >= 0.6 is 15.9 Å². The molecule has 1 unspecified atom stereocenters. The average molecular weight is 348 g/mol. The predicted octanol–water partition coefficient (Wildman–Crippen LogP) is 4.50. The first-order valence-corrected chi connectivity index (χ1v) is 8.12. The second kappa shape index (κ2) is 6.58. The molecule has 0 bridgehead atoms. The topological polar surface area (TPSA) is 38.3 Å². The Bertz CT molecular complexity index is 650. The molecule has 2 aromatic carbocycles. The van der Waals surface area contributed by atoms with Crippen LogP contribution in [-0.2, 0) is 9.53 Å². The van der Waals surface area contributed by atoms with Crippen LogP contribution in [0.15, 0.2) is 40.9 Å². The van der Waals surface area contributed by atoms with Crippen LogP contribution in [-0.4, -0.2) is 18.6 Å². The molecule has 0 saturated carbocycles. The van der Waals surface area contributed by atoms with Crippen molar-refractivity contribution >= 4 is 38.3 Å². The summed E-state index contributed by atoms with van der Waals surface area (Å²) in [5.41, 5.74) is 0.867. The lowest BCUT2D eigenvalue weighted by molar-refractivity contribution is -0.116. The summed E-state index contributed by atoms with van der Waals surface area (Å²) in [7, 11) is 0. The van der Waals surface area contributed by atoms with Gasteiger partial charge in [0, 0.05) is 28.6 Å². The van der Waals surface area contributed by atoms with Crippen LogP contribution in [0.1, 0.15) is 25.7 Å². The number of carbonyl (C=O) groups excluding carboxylic acids is 1. The number of hydrogen-bond donors (Lipinski definition) is 1. The Morgan fingerprint density at radius 3 is 2.81 bits per heavy atom. The van der Waals surface area contributed by atoms with Crippen molar-refractivity contribution in [2.24, 2.45) is 0 Å². The minimum absolute atomic E-state index is 0.0537. The third kappa shape index (κ3) is 3.44. The van der Waals surface area contributed by atoms with E-state index in [-0.39, 0.29) is 12.0 Å². The van der Waals surface area contributed by atoms with Crippen LogP contribution < -0.4 is 5.32 Å². The minimum Gasteiger partial charge on any atom is -0.378 e. The van der Waals surface area contributed by atoms with Crippen molar-refractivity contribution in [3.05, 3.63) is 40.9 Å². The molecule has 0 aliphatic carbocycles. The van der Waals surface area contributed by atoms with Crippen LogP contribution in [0.25, 0.3) is 10.8 Å². The monoisotopic (exact) mass is 347 g/mol. The lowest BCUT2D eigenvalue weighted by atomic mass is 10.1. The zero-order chi connectivity index (χ0) is 14.7. The molecule has 3 rings (SSSR count). The van der Waals surface area contributed by atoms with Crippen molar-refractivity contribution in [2.75, 3.05) is 11.9 Å². The summed E-state index contributed by atoms with van der Waals surface area (Å²) in [5, 5.41) is 5.18. The standard InChI is InChI=1S/C17H18BrNO2/c18-15-8-9-16(14-6-2-1-5-13(14)15)19-17(20)10-7-12-4-3-11-21-12/h1-2,5-6,8-9,12H,3-4,7,10-11H2,(H,19,20). The third-order valence-electron chi connectivity index (χ3n) is 3.86. The highest BCUT2D eigenvalue weighted by atomic mass is 79.9. The molecule has 2 aromatic rings. The summed E-state index contributed by atoms with van der Waals surface area (Å²) < 4.78 is 6.59. The molecule has 1 heterocycles. The van der Waals surface area contributed by atoms with E-state index in [1.165, 1.54) is 0 Å². The van der Waals surface area contributed by atoms with Gasteiger partial charge in [-0.15, -0.1) is 0 Å². The van der Waals surface area contributed by atoms with Crippen LogP contribution in [0.2, 0.25) is 0 Å². The van der Waals surface area contributed by atoms with Crippen molar-refractivity contribution in [1.82, 2.24) is 0 Å². The number of rotatable bonds is 4. The van der Waals surface area contributed by atoms with Crippen LogP contribution in [0.4, 0.5) is 5.69 Å². The summed E-state index contributed by atoms with van der Waals surface area (Å²) in [6.45, 7) is 0.837. The van der Waals surface area contributed by atoms with E-state index in [0.717, 1.165) is 46.8 Å². The molecule has 0 spiro atoms. The summed E-state index contributed by atoms with van der Waals surface area (Å²) in [4.78, 5) is 12.1. The Kier molecular flexibility index (Phi) is 4.56. The lowest BCUT2D eigenvalue weighted by Crippen LogP contribution is -2.15. The molecule has 110 valence electrons. The van der Waals surface area contributed by atoms with E-state index >= 15 is 0 Å². The quantitative estimate of drug-likeness (QED) is 0.884. The van der Waals surface area contributed by atoms with Gasteiger partial charge in [-0.25, -0.2) is 0 Å². The van der Waals surface area contributed by atoms with Crippen LogP contribution in [0.5, 0.6) is 0 Å². The molecular formula is C17H18BrNO2. The summed E-state index contributed by atoms with van der Waals surface area (Å²) in [6, 6.07) is 12.0. The molecule has 4 heteroatoms. The Hall–Kier alpha value is -1.39. The van der Waals surface area contributed by atoms with Crippen molar-refractivity contribution < 1.29 is 9.53 Å². The van der Waals surface area contributed by atoms with E-state index in [1.54, 1.807) is 0 Å². The molecule has 1 fully saturated rings. The fourth-order valence-corrected chi connectivity index (χ4v) is 3.23. The number of anilines is 1. The SMILES string of the molecule is O=C(CCC1CCCO1)Nc1ccc(Br)c2ccccc12. The van der Waals surface area contributed by atoms with Gasteiger partial charge < -0.3 is 10.1 Å². The van der Waals surface area contributed by atoms with Gasteiger partial charge in [0.05, 0.1) is 6.10 Å². The van der Waals surface area contributed by atoms with Crippen molar-refractivity contribution in [3.63, 3.8) is 0 Å². The van der Waals surface area contributed by atoms with Gasteiger partial charge in [0.15, 0.2) is 0 Å². The number of ether oxygens (including phenoxy) is 1. The Balaban J connectivity index is 1.69. The van der Waals surface area contributed by atoms with Gasteiger partial charge in [-0.05, 0) is 36.8 Å². The highest BCUT2D eigenvalue weighted by Gasteiger charge is 2.17. The van der Waals surface area contributed by atoms with E-state index in [2.05, 4.69) is 21.2 Å². The first-order valence-electron chi connectivity index (χ1n) is 7.33. The van der Waals surface area contributed by atoms with Gasteiger partial charge >= 0.3 is 0 Å². The van der Waals surface area contributed by atoms with E-state index in [9.17, 15) is 4.79 Å². The molecule has 1 amide bonds. The second-order valence-corrected chi connectivity index (χ2v) is 6.22. The van der Waals surface area contributed by atoms with Crippen LogP contribution in [0, 0.1) is 0 Å². The van der Waals surface area contributed by atoms with E-state index in [4.69, 9.17) is 4.74 Å². The fourth-order valence-electron chi connectivity index (χ4n) is 2.75. The molecule has 3 nitrogen and oxygen atoms in total. The number of carbonyl (C=O) groups is 1. The molecule has 1 N–H and O–H groups in total. The van der Waals surface area contributed by atoms with Gasteiger partial charge in [0.25, 0.3) is 0 Å². The minimum atomic E-state index is 0.0537. The Labute approximate surface area is 132 Å². The van der Waals surface area contributed by atoms with E-state index in [0.29, 0.717) is 6.42 Å². The molecule has 0 radical (unpaired) electrons. The summed E-state index contributed by atoms with van der Waals surface area (Å²) in [5.74, 6) is 0.0537. The maximum absolute atomic E-state index is 12.1. The zero-order valence-electron chi connectivity index (χ0n) is 11.8. The second-order valence-electron chi connectivity index (χ2n) is 5.36. The first kappa shape index (κ1) is 14.5. The number of amides is 1. The molecule has 1 atom stereocenters. The first-order chi connectivity index (χ1) is 10.2. The Morgan fingerprint density at radius 1 is 1.24 bits per heavy atom. The number of fused-ring (bicyclic) bond motifs is 1. The molecular weight excluding hydrogens is 330 g/mol. The van der Waals surface area contributed by atoms with Crippen molar-refractivity contribution in [3.8, 4) is 0 Å². The molecule has 21 heavy (non-hydrogen) atoms. The van der Waals surface area contributed by atoms with Crippen molar-refractivity contribution in [2.45, 2.75) is 31.8 Å². The normalized spacial score (nSPS) is 18.0. The van der Waals surface area contributed by atoms with Gasteiger partial charge in [-0.2, -0.15) is 0 Å². The maximum Gasteiger partial charge on any atom is 0.224 e. The molecule has 1 saturated heterocycles. The van der Waals surface area contributed by atoms with Gasteiger partial charge in [-0.1, -0.05) is 40.2 Å².